The topological polar surface area (TPSA) is 43.8 Å². The van der Waals surface area contributed by atoms with Gasteiger partial charge < -0.3 is 10.0 Å². The molecule has 1 heterocycles. The van der Waals surface area contributed by atoms with Crippen LogP contribution in [-0.2, 0) is 4.79 Å². The molecule has 0 aromatic heterocycles. The maximum absolute atomic E-state index is 11.1. The van der Waals surface area contributed by atoms with Gasteiger partial charge in [-0.05, 0) is 67.0 Å². The van der Waals surface area contributed by atoms with Crippen LogP contribution in [0.4, 0.5) is 0 Å². The number of hydrogen-bond donors (Lipinski definition) is 1. The second-order valence-corrected chi connectivity index (χ2v) is 6.91. The molecule has 19 heavy (non-hydrogen) atoms. The van der Waals surface area contributed by atoms with Gasteiger partial charge in [-0.2, -0.15) is 0 Å². The van der Waals surface area contributed by atoms with E-state index in [1.165, 1.54) is 0 Å². The SMILES string of the molecule is CC(C)N1CCCC(N(CC(=O)O)C(C)(C)C)CC1. The van der Waals surface area contributed by atoms with Crippen molar-refractivity contribution in [1.29, 1.82) is 0 Å². The molecule has 0 radical (unpaired) electrons. The van der Waals surface area contributed by atoms with E-state index in [1.54, 1.807) is 0 Å². The normalized spacial score (nSPS) is 22.8. The van der Waals surface area contributed by atoms with E-state index in [0.29, 0.717) is 12.1 Å². The molecule has 112 valence electrons. The Morgan fingerprint density at radius 2 is 1.95 bits per heavy atom. The third-order valence-electron chi connectivity index (χ3n) is 4.07. The predicted octanol–water partition coefficient (Wildman–Crippen LogP) is 2.43. The molecule has 0 saturated carbocycles. The highest BCUT2D eigenvalue weighted by molar-refractivity contribution is 5.69. The highest BCUT2D eigenvalue weighted by Crippen LogP contribution is 2.24. The van der Waals surface area contributed by atoms with Crippen molar-refractivity contribution in [1.82, 2.24) is 9.80 Å². The number of carboxylic acid groups (broad SMARTS) is 1. The van der Waals surface area contributed by atoms with Crippen LogP contribution in [0.15, 0.2) is 0 Å². The summed E-state index contributed by atoms with van der Waals surface area (Å²) in [4.78, 5) is 15.8. The van der Waals surface area contributed by atoms with E-state index in [2.05, 4.69) is 44.4 Å². The molecule has 1 fully saturated rings. The molecular formula is C15H30N2O2. The van der Waals surface area contributed by atoms with Crippen molar-refractivity contribution < 1.29 is 9.90 Å². The number of carboxylic acids is 1. The van der Waals surface area contributed by atoms with Crippen molar-refractivity contribution in [3.05, 3.63) is 0 Å². The average molecular weight is 270 g/mol. The van der Waals surface area contributed by atoms with Crippen molar-refractivity contribution in [2.45, 2.75) is 71.5 Å². The lowest BCUT2D eigenvalue weighted by Gasteiger charge is -2.40. The first-order valence-electron chi connectivity index (χ1n) is 7.44. The molecule has 0 spiro atoms. The first-order chi connectivity index (χ1) is 8.71. The molecule has 0 aliphatic carbocycles. The van der Waals surface area contributed by atoms with Gasteiger partial charge in [-0.15, -0.1) is 0 Å². The van der Waals surface area contributed by atoms with Crippen LogP contribution in [0.2, 0.25) is 0 Å². The summed E-state index contributed by atoms with van der Waals surface area (Å²) in [6.07, 6.45) is 3.34. The zero-order chi connectivity index (χ0) is 14.6. The summed E-state index contributed by atoms with van der Waals surface area (Å²) in [7, 11) is 0. The smallest absolute Gasteiger partial charge is 0.317 e. The molecule has 4 nitrogen and oxygen atoms in total. The Bertz CT molecular complexity index is 297. The quantitative estimate of drug-likeness (QED) is 0.852. The Morgan fingerprint density at radius 3 is 2.42 bits per heavy atom. The molecule has 1 atom stereocenters. The summed E-state index contributed by atoms with van der Waals surface area (Å²) in [5.74, 6) is -0.722. The van der Waals surface area contributed by atoms with E-state index in [4.69, 9.17) is 5.11 Å². The lowest BCUT2D eigenvalue weighted by atomic mass is 9.98. The Hall–Kier alpha value is -0.610. The number of rotatable bonds is 4. The minimum absolute atomic E-state index is 0.0872. The molecule has 0 amide bonds. The molecule has 4 heteroatoms. The maximum atomic E-state index is 11.1. The summed E-state index contributed by atoms with van der Waals surface area (Å²) >= 11 is 0. The standard InChI is InChI=1S/C15H30N2O2/c1-12(2)16-9-6-7-13(8-10-16)17(11-14(18)19)15(3,4)5/h12-13H,6-11H2,1-5H3,(H,18,19). The van der Waals surface area contributed by atoms with Gasteiger partial charge in [0.05, 0.1) is 6.54 Å². The van der Waals surface area contributed by atoms with Crippen LogP contribution in [-0.4, -0.2) is 58.1 Å². The van der Waals surface area contributed by atoms with E-state index in [1.807, 2.05) is 0 Å². The van der Waals surface area contributed by atoms with Gasteiger partial charge in [-0.1, -0.05) is 0 Å². The fourth-order valence-corrected chi connectivity index (χ4v) is 2.99. The summed E-state index contributed by atoms with van der Waals surface area (Å²) in [6, 6.07) is 0.973. The fourth-order valence-electron chi connectivity index (χ4n) is 2.99. The van der Waals surface area contributed by atoms with Crippen LogP contribution in [0.3, 0.4) is 0 Å². The molecule has 1 saturated heterocycles. The Balaban J connectivity index is 2.72. The van der Waals surface area contributed by atoms with Crippen molar-refractivity contribution >= 4 is 5.97 Å². The highest BCUT2D eigenvalue weighted by Gasteiger charge is 2.32. The van der Waals surface area contributed by atoms with Crippen molar-refractivity contribution in [3.8, 4) is 0 Å². The van der Waals surface area contributed by atoms with Crippen LogP contribution >= 0.6 is 0 Å². The van der Waals surface area contributed by atoms with Gasteiger partial charge in [0.25, 0.3) is 0 Å². The van der Waals surface area contributed by atoms with Crippen molar-refractivity contribution in [2.24, 2.45) is 0 Å². The number of likely N-dealkylation sites (tertiary alicyclic amines) is 1. The number of hydrogen-bond acceptors (Lipinski definition) is 3. The summed E-state index contributed by atoms with van der Waals surface area (Å²) in [5.41, 5.74) is -0.0872. The summed E-state index contributed by atoms with van der Waals surface area (Å²) < 4.78 is 0. The van der Waals surface area contributed by atoms with E-state index in [9.17, 15) is 4.79 Å². The largest absolute Gasteiger partial charge is 0.480 e. The van der Waals surface area contributed by atoms with Gasteiger partial charge in [-0.25, -0.2) is 0 Å². The van der Waals surface area contributed by atoms with Gasteiger partial charge in [-0.3, -0.25) is 9.69 Å². The summed E-state index contributed by atoms with van der Waals surface area (Å²) in [5, 5.41) is 9.14. The van der Waals surface area contributed by atoms with Crippen LogP contribution in [0.1, 0.15) is 53.9 Å². The van der Waals surface area contributed by atoms with E-state index in [0.717, 1.165) is 32.4 Å². The number of aliphatic carboxylic acids is 1. The zero-order valence-corrected chi connectivity index (χ0v) is 13.1. The average Bonchev–Trinajstić information content (AvgIpc) is 2.49. The molecule has 0 aromatic carbocycles. The van der Waals surface area contributed by atoms with Crippen LogP contribution in [0, 0.1) is 0 Å². The number of carbonyl (C=O) groups is 1. The van der Waals surface area contributed by atoms with Gasteiger partial charge in [0.1, 0.15) is 0 Å². The molecule has 1 aliphatic rings. The molecule has 1 rings (SSSR count). The van der Waals surface area contributed by atoms with E-state index >= 15 is 0 Å². The van der Waals surface area contributed by atoms with E-state index < -0.39 is 5.97 Å². The lowest BCUT2D eigenvalue weighted by Crippen LogP contribution is -2.50. The minimum Gasteiger partial charge on any atom is -0.480 e. The van der Waals surface area contributed by atoms with Crippen LogP contribution in [0.25, 0.3) is 0 Å². The first kappa shape index (κ1) is 16.4. The third kappa shape index (κ3) is 5.11. The van der Waals surface area contributed by atoms with Crippen LogP contribution < -0.4 is 0 Å². The molecule has 0 aromatic rings. The molecule has 1 N–H and O–H groups in total. The fraction of sp³-hybridized carbons (Fsp3) is 0.933. The monoisotopic (exact) mass is 270 g/mol. The molecular weight excluding hydrogens is 240 g/mol. The Morgan fingerprint density at radius 1 is 1.32 bits per heavy atom. The minimum atomic E-state index is -0.722. The number of nitrogens with zero attached hydrogens (tertiary/aromatic N) is 2. The molecule has 1 unspecified atom stereocenters. The third-order valence-corrected chi connectivity index (χ3v) is 4.07. The lowest BCUT2D eigenvalue weighted by molar-refractivity contribution is -0.140. The zero-order valence-electron chi connectivity index (χ0n) is 13.1. The second kappa shape index (κ2) is 6.71. The first-order valence-corrected chi connectivity index (χ1v) is 7.44. The van der Waals surface area contributed by atoms with Gasteiger partial charge in [0.15, 0.2) is 0 Å². The maximum Gasteiger partial charge on any atom is 0.317 e. The van der Waals surface area contributed by atoms with E-state index in [-0.39, 0.29) is 12.1 Å². The molecule has 1 aliphatic heterocycles. The van der Waals surface area contributed by atoms with Crippen molar-refractivity contribution in [3.63, 3.8) is 0 Å². The highest BCUT2D eigenvalue weighted by atomic mass is 16.4. The van der Waals surface area contributed by atoms with Crippen LogP contribution in [0.5, 0.6) is 0 Å². The van der Waals surface area contributed by atoms with Crippen molar-refractivity contribution in [2.75, 3.05) is 19.6 Å². The summed E-state index contributed by atoms with van der Waals surface area (Å²) in [6.45, 7) is 13.2. The Kier molecular flexibility index (Phi) is 5.81. The van der Waals surface area contributed by atoms with Gasteiger partial charge in [0.2, 0.25) is 0 Å². The van der Waals surface area contributed by atoms with Gasteiger partial charge >= 0.3 is 5.97 Å². The second-order valence-electron chi connectivity index (χ2n) is 6.91. The predicted molar refractivity (Wildman–Crippen MR) is 78.4 cm³/mol. The molecule has 0 bridgehead atoms. The Labute approximate surface area is 117 Å². The van der Waals surface area contributed by atoms with Gasteiger partial charge in [0, 0.05) is 17.6 Å².